The van der Waals surface area contributed by atoms with Gasteiger partial charge in [-0.1, -0.05) is 24.9 Å². The molecule has 0 fully saturated rings. The predicted molar refractivity (Wildman–Crippen MR) is 147 cm³/mol. The van der Waals surface area contributed by atoms with Crippen molar-refractivity contribution in [1.82, 2.24) is 15.2 Å². The lowest BCUT2D eigenvalue weighted by atomic mass is 9.92. The van der Waals surface area contributed by atoms with Crippen molar-refractivity contribution in [2.75, 3.05) is 0 Å². The summed E-state index contributed by atoms with van der Waals surface area (Å²) in [6.07, 6.45) is 1.31. The molecule has 3 aromatic rings. The number of carboxylic acids is 1. The Labute approximate surface area is 235 Å². The average Bonchev–Trinajstić information content (AvgIpc) is 2.86. The summed E-state index contributed by atoms with van der Waals surface area (Å²) in [5, 5.41) is 15.0. The van der Waals surface area contributed by atoms with Crippen LogP contribution in [-0.4, -0.2) is 33.5 Å². The third kappa shape index (κ3) is 6.93. The zero-order valence-corrected chi connectivity index (χ0v) is 23.2. The van der Waals surface area contributed by atoms with E-state index in [1.54, 1.807) is 32.9 Å². The molecule has 0 saturated carbocycles. The van der Waals surface area contributed by atoms with Gasteiger partial charge in [-0.2, -0.15) is 0 Å². The number of amides is 2. The first-order valence-electron chi connectivity index (χ1n) is 12.6. The highest BCUT2D eigenvalue weighted by Crippen LogP contribution is 2.34. The van der Waals surface area contributed by atoms with Gasteiger partial charge in [0.15, 0.2) is 11.6 Å². The number of hydrogen-bond acceptors (Lipinski definition) is 4. The largest absolute Gasteiger partial charge is 0.481 e. The number of nitrogens with one attached hydrogen (secondary N) is 2. The first-order valence-corrected chi connectivity index (χ1v) is 13.0. The molecule has 2 aromatic carbocycles. The highest BCUT2D eigenvalue weighted by Gasteiger charge is 2.29. The first kappa shape index (κ1) is 30.5. The normalized spacial score (nSPS) is 12.5. The topological polar surface area (TPSA) is 118 Å². The molecule has 2 atom stereocenters. The van der Waals surface area contributed by atoms with Crippen molar-refractivity contribution in [3.8, 4) is 11.1 Å². The fraction of sp³-hybridized carbons (Fsp3) is 0.310. The van der Waals surface area contributed by atoms with Gasteiger partial charge < -0.3 is 20.3 Å². The van der Waals surface area contributed by atoms with Crippen molar-refractivity contribution >= 4 is 29.4 Å². The van der Waals surface area contributed by atoms with E-state index in [-0.39, 0.29) is 23.1 Å². The van der Waals surface area contributed by atoms with E-state index in [1.165, 1.54) is 36.0 Å². The molecule has 40 heavy (non-hydrogen) atoms. The number of nitrogens with zero attached hydrogens (tertiary/aromatic N) is 1. The Bertz CT molecular complexity index is 1500. The number of carboxylic acid groups (broad SMARTS) is 1. The van der Waals surface area contributed by atoms with Gasteiger partial charge in [-0.15, -0.1) is 0 Å². The number of carbonyl (C=O) groups excluding carboxylic acids is 2. The van der Waals surface area contributed by atoms with E-state index in [9.17, 15) is 28.7 Å². The van der Waals surface area contributed by atoms with Crippen molar-refractivity contribution in [2.24, 2.45) is 7.05 Å². The molecule has 0 bridgehead atoms. The third-order valence-electron chi connectivity index (χ3n) is 6.48. The van der Waals surface area contributed by atoms with Crippen LogP contribution >= 0.6 is 11.6 Å². The van der Waals surface area contributed by atoms with Crippen molar-refractivity contribution in [3.63, 3.8) is 0 Å². The summed E-state index contributed by atoms with van der Waals surface area (Å²) in [7, 11) is 1.47. The summed E-state index contributed by atoms with van der Waals surface area (Å²) in [6, 6.07) is 5.82. The molecule has 0 spiro atoms. The van der Waals surface area contributed by atoms with Gasteiger partial charge in [-0.25, -0.2) is 8.78 Å². The number of aliphatic carboxylic acids is 1. The minimum atomic E-state index is -1.46. The van der Waals surface area contributed by atoms with Crippen molar-refractivity contribution in [3.05, 3.63) is 91.9 Å². The van der Waals surface area contributed by atoms with Gasteiger partial charge in [0.2, 0.25) is 5.91 Å². The second-order valence-electron chi connectivity index (χ2n) is 9.59. The molecule has 2 amide bonds. The summed E-state index contributed by atoms with van der Waals surface area (Å²) in [5.74, 6) is -5.48. The van der Waals surface area contributed by atoms with Crippen molar-refractivity contribution in [2.45, 2.75) is 52.1 Å². The van der Waals surface area contributed by atoms with Crippen LogP contribution in [0.2, 0.25) is 5.02 Å². The minimum absolute atomic E-state index is 0.143. The lowest BCUT2D eigenvalue weighted by molar-refractivity contribution is -0.137. The molecule has 0 radical (unpaired) electrons. The van der Waals surface area contributed by atoms with Gasteiger partial charge in [0, 0.05) is 23.8 Å². The Hall–Kier alpha value is -4.05. The van der Waals surface area contributed by atoms with Crippen LogP contribution in [0.4, 0.5) is 8.78 Å². The van der Waals surface area contributed by atoms with Crippen LogP contribution in [0.3, 0.4) is 0 Å². The SMILES string of the molecule is CCC[C@H](NC(=O)c1cccn(C)c1=O)C(=O)N[C@@H](CC(=O)O)c1cc(-c2c(C)cc(Cl)cc2C)cc(F)c1F. The predicted octanol–water partition coefficient (Wildman–Crippen LogP) is 4.83. The Morgan fingerprint density at radius 1 is 1.07 bits per heavy atom. The number of aryl methyl sites for hydroxylation is 3. The second kappa shape index (κ2) is 12.9. The van der Waals surface area contributed by atoms with Crippen LogP contribution < -0.4 is 16.2 Å². The second-order valence-corrected chi connectivity index (χ2v) is 10.0. The van der Waals surface area contributed by atoms with Crippen LogP contribution in [0.15, 0.2) is 47.4 Å². The van der Waals surface area contributed by atoms with Gasteiger partial charge >= 0.3 is 5.97 Å². The number of benzene rings is 2. The van der Waals surface area contributed by atoms with Gasteiger partial charge in [0.05, 0.1) is 12.5 Å². The van der Waals surface area contributed by atoms with E-state index < -0.39 is 53.5 Å². The summed E-state index contributed by atoms with van der Waals surface area (Å²) >= 11 is 6.11. The highest BCUT2D eigenvalue weighted by molar-refractivity contribution is 6.30. The van der Waals surface area contributed by atoms with E-state index in [1.807, 2.05) is 0 Å². The van der Waals surface area contributed by atoms with Crippen LogP contribution in [0.5, 0.6) is 0 Å². The first-order chi connectivity index (χ1) is 18.8. The molecule has 0 aliphatic heterocycles. The van der Waals surface area contributed by atoms with E-state index in [0.29, 0.717) is 28.1 Å². The maximum atomic E-state index is 15.1. The molecule has 1 aromatic heterocycles. The Morgan fingerprint density at radius 3 is 2.33 bits per heavy atom. The summed E-state index contributed by atoms with van der Waals surface area (Å²) in [5.41, 5.74) is 1.14. The Balaban J connectivity index is 1.99. The van der Waals surface area contributed by atoms with Gasteiger partial charge in [0.1, 0.15) is 11.6 Å². The number of pyridine rings is 1. The molecule has 11 heteroatoms. The molecule has 0 unspecified atom stereocenters. The Morgan fingerprint density at radius 2 is 1.73 bits per heavy atom. The maximum absolute atomic E-state index is 15.1. The summed E-state index contributed by atoms with van der Waals surface area (Å²) in [4.78, 5) is 50.1. The molecule has 0 aliphatic carbocycles. The van der Waals surface area contributed by atoms with Crippen LogP contribution in [0, 0.1) is 25.5 Å². The number of hydrogen-bond donors (Lipinski definition) is 3. The number of halogens is 3. The highest BCUT2D eigenvalue weighted by atomic mass is 35.5. The molecule has 8 nitrogen and oxygen atoms in total. The fourth-order valence-corrected chi connectivity index (χ4v) is 4.95. The lowest BCUT2D eigenvalue weighted by Crippen LogP contribution is -2.49. The van der Waals surface area contributed by atoms with Crippen molar-refractivity contribution < 1.29 is 28.3 Å². The van der Waals surface area contributed by atoms with Crippen molar-refractivity contribution in [1.29, 1.82) is 0 Å². The molecule has 1 heterocycles. The van der Waals surface area contributed by atoms with E-state index in [0.717, 1.165) is 6.07 Å². The summed E-state index contributed by atoms with van der Waals surface area (Å²) in [6.45, 7) is 5.27. The van der Waals surface area contributed by atoms with E-state index in [2.05, 4.69) is 10.6 Å². The van der Waals surface area contributed by atoms with Crippen LogP contribution in [-0.2, 0) is 16.6 Å². The molecule has 3 N–H and O–H groups in total. The molecular formula is C29H30ClF2N3O5. The Kier molecular flexibility index (Phi) is 9.81. The zero-order valence-electron chi connectivity index (χ0n) is 22.5. The standard InChI is InChI=1S/C29H30ClF2N3O5/c1-5-7-22(33-27(38)19-8-6-9-35(4)29(19)40)28(39)34-23(14-24(36)37)20-12-17(13-21(31)26(20)32)25-15(2)10-18(30)11-16(25)3/h6,8-13,22-23H,5,7,14H2,1-4H3,(H,33,38)(H,34,39)(H,36,37)/t22-,23-/m0/s1. The minimum Gasteiger partial charge on any atom is -0.481 e. The third-order valence-corrected chi connectivity index (χ3v) is 6.70. The van der Waals surface area contributed by atoms with Gasteiger partial charge in [0.25, 0.3) is 11.5 Å². The maximum Gasteiger partial charge on any atom is 0.305 e. The molecule has 0 aliphatic rings. The number of carbonyl (C=O) groups is 3. The summed E-state index contributed by atoms with van der Waals surface area (Å²) < 4.78 is 31.2. The van der Waals surface area contributed by atoms with Gasteiger partial charge in [-0.05, 0) is 78.9 Å². The quantitative estimate of drug-likeness (QED) is 0.321. The number of rotatable bonds is 10. The molecule has 0 saturated heterocycles. The van der Waals surface area contributed by atoms with E-state index in [4.69, 9.17) is 11.6 Å². The molecular weight excluding hydrogens is 544 g/mol. The lowest BCUT2D eigenvalue weighted by Gasteiger charge is -2.24. The van der Waals surface area contributed by atoms with Crippen LogP contribution in [0.25, 0.3) is 11.1 Å². The smallest absolute Gasteiger partial charge is 0.305 e. The van der Waals surface area contributed by atoms with Gasteiger partial charge in [-0.3, -0.25) is 19.2 Å². The molecule has 212 valence electrons. The number of aromatic nitrogens is 1. The fourth-order valence-electron chi connectivity index (χ4n) is 4.62. The van der Waals surface area contributed by atoms with Crippen LogP contribution in [0.1, 0.15) is 59.3 Å². The van der Waals surface area contributed by atoms with E-state index >= 15 is 4.39 Å². The zero-order chi connectivity index (χ0) is 29.7. The molecule has 3 rings (SSSR count). The monoisotopic (exact) mass is 573 g/mol. The average molecular weight is 574 g/mol.